The monoisotopic (exact) mass is 272 g/mol. The van der Waals surface area contributed by atoms with Gasteiger partial charge in [0.1, 0.15) is 0 Å². The number of aryl methyl sites for hydroxylation is 1. The lowest BCUT2D eigenvalue weighted by Gasteiger charge is -2.32. The molecule has 6 heteroatoms. The Hall–Kier alpha value is -0.693. The highest BCUT2D eigenvalue weighted by Crippen LogP contribution is 2.27. The molecule has 1 N–H and O–H groups in total. The maximum absolute atomic E-state index is 11.8. The molecule has 1 saturated heterocycles. The zero-order chi connectivity index (χ0) is 12.5. The van der Waals surface area contributed by atoms with Crippen LogP contribution in [0.1, 0.15) is 18.4 Å². The smallest absolute Gasteiger partial charge is 0.394 e. The molecule has 1 heterocycles. The largest absolute Gasteiger partial charge is 0.398 e. The molecule has 0 spiro atoms. The predicted octanol–water partition coefficient (Wildman–Crippen LogP) is 1.34. The van der Waals surface area contributed by atoms with Gasteiger partial charge in [-0.25, -0.2) is 8.42 Å². The Labute approximate surface area is 102 Å². The Morgan fingerprint density at radius 3 is 2.53 bits per heavy atom. The van der Waals surface area contributed by atoms with E-state index >= 15 is 0 Å². The molecule has 0 amide bonds. The summed E-state index contributed by atoms with van der Waals surface area (Å²) in [5.74, 6) is 0. The Bertz CT molecular complexity index is 506. The Balaban J connectivity index is 2.59. The Kier molecular flexibility index (Phi) is 3.40. The van der Waals surface area contributed by atoms with Gasteiger partial charge in [-0.1, -0.05) is 30.7 Å². The molecule has 1 aliphatic rings. The van der Waals surface area contributed by atoms with E-state index in [1.165, 1.54) is 0 Å². The van der Waals surface area contributed by atoms with Gasteiger partial charge in [0.25, 0.3) is 9.57 Å². The third-order valence-electron chi connectivity index (χ3n) is 3.21. The van der Waals surface area contributed by atoms with Crippen LogP contribution in [-0.4, -0.2) is 27.0 Å². The molecule has 1 unspecified atom stereocenters. The van der Waals surface area contributed by atoms with Gasteiger partial charge in [0, 0.05) is 6.61 Å². The molecule has 1 aromatic rings. The zero-order valence-corrected chi connectivity index (χ0v) is 11.5. The fraction of sp³-hybridized carbons (Fsp3) is 0.455. The van der Waals surface area contributed by atoms with Crippen molar-refractivity contribution in [2.24, 2.45) is 0 Å². The molecule has 1 aliphatic heterocycles. The SMILES string of the molecule is Cc1ccccc1[Si]1(S(=O)(=O)O)CCCCO1. The lowest BCUT2D eigenvalue weighted by Crippen LogP contribution is -2.60. The first-order valence-corrected chi connectivity index (χ1v) is 9.92. The second-order valence-corrected chi connectivity index (χ2v) is 11.7. The van der Waals surface area contributed by atoms with Gasteiger partial charge in [0.15, 0.2) is 0 Å². The van der Waals surface area contributed by atoms with Crippen LogP contribution in [0.3, 0.4) is 0 Å². The second kappa shape index (κ2) is 4.53. The highest BCUT2D eigenvalue weighted by molar-refractivity contribution is 8.18. The van der Waals surface area contributed by atoms with Gasteiger partial charge in [-0.2, -0.15) is 0 Å². The molecule has 0 bridgehead atoms. The van der Waals surface area contributed by atoms with Crippen molar-refractivity contribution in [1.82, 2.24) is 0 Å². The van der Waals surface area contributed by atoms with E-state index in [1.54, 1.807) is 12.1 Å². The first kappa shape index (κ1) is 12.8. The van der Waals surface area contributed by atoms with Crippen LogP contribution in [0.2, 0.25) is 6.04 Å². The minimum Gasteiger partial charge on any atom is -0.398 e. The summed E-state index contributed by atoms with van der Waals surface area (Å²) in [6.07, 6.45) is 1.65. The molecule has 2 rings (SSSR count). The van der Waals surface area contributed by atoms with Gasteiger partial charge in [-0.3, -0.25) is 4.55 Å². The summed E-state index contributed by atoms with van der Waals surface area (Å²) in [5.41, 5.74) is 0.874. The summed E-state index contributed by atoms with van der Waals surface area (Å²) in [4.78, 5) is 0. The van der Waals surface area contributed by atoms with Crippen molar-refractivity contribution in [2.45, 2.75) is 25.8 Å². The maximum atomic E-state index is 11.8. The number of hydrogen-bond donors (Lipinski definition) is 1. The van der Waals surface area contributed by atoms with Crippen molar-refractivity contribution in [3.05, 3.63) is 29.8 Å². The minimum atomic E-state index is -4.15. The van der Waals surface area contributed by atoms with E-state index in [4.69, 9.17) is 4.43 Å². The topological polar surface area (TPSA) is 63.6 Å². The molecule has 0 aromatic heterocycles. The fourth-order valence-corrected chi connectivity index (χ4v) is 9.23. The van der Waals surface area contributed by atoms with Crippen LogP contribution in [-0.2, 0) is 14.0 Å². The molecule has 0 saturated carbocycles. The third kappa shape index (κ3) is 2.17. The molecule has 1 fully saturated rings. The van der Waals surface area contributed by atoms with E-state index in [2.05, 4.69) is 0 Å². The predicted molar refractivity (Wildman–Crippen MR) is 68.1 cm³/mol. The van der Waals surface area contributed by atoms with Gasteiger partial charge in [-0.05, 0) is 30.1 Å². The zero-order valence-electron chi connectivity index (χ0n) is 9.72. The summed E-state index contributed by atoms with van der Waals surface area (Å²) in [7, 11) is -7.42. The fourth-order valence-electron chi connectivity index (χ4n) is 2.32. The normalized spacial score (nSPS) is 25.8. The Morgan fingerprint density at radius 2 is 2.00 bits per heavy atom. The van der Waals surface area contributed by atoms with E-state index in [-0.39, 0.29) is 0 Å². The number of benzene rings is 1. The van der Waals surface area contributed by atoms with E-state index in [9.17, 15) is 13.0 Å². The first-order chi connectivity index (χ1) is 7.97. The molecular weight excluding hydrogens is 256 g/mol. The van der Waals surface area contributed by atoms with Crippen molar-refractivity contribution >= 4 is 22.2 Å². The van der Waals surface area contributed by atoms with Crippen molar-refractivity contribution in [1.29, 1.82) is 0 Å². The van der Waals surface area contributed by atoms with Gasteiger partial charge >= 0.3 is 7.47 Å². The summed E-state index contributed by atoms with van der Waals surface area (Å²) in [6.45, 7) is 2.27. The molecule has 94 valence electrons. The number of rotatable bonds is 2. The van der Waals surface area contributed by atoms with Crippen molar-refractivity contribution in [2.75, 3.05) is 6.61 Å². The van der Waals surface area contributed by atoms with Crippen LogP contribution in [0.5, 0.6) is 0 Å². The minimum absolute atomic E-state index is 0.417. The van der Waals surface area contributed by atoms with Gasteiger partial charge in [-0.15, -0.1) is 0 Å². The second-order valence-electron chi connectivity index (χ2n) is 4.35. The average molecular weight is 272 g/mol. The molecule has 0 aliphatic carbocycles. The van der Waals surface area contributed by atoms with E-state index in [0.29, 0.717) is 17.8 Å². The van der Waals surface area contributed by atoms with Gasteiger partial charge in [0.05, 0.1) is 0 Å². The maximum Gasteiger partial charge on any atom is 0.394 e. The van der Waals surface area contributed by atoms with Crippen LogP contribution < -0.4 is 5.19 Å². The molecule has 1 atom stereocenters. The van der Waals surface area contributed by atoms with Crippen molar-refractivity contribution in [3.63, 3.8) is 0 Å². The van der Waals surface area contributed by atoms with E-state index in [0.717, 1.165) is 18.4 Å². The molecule has 0 radical (unpaired) electrons. The first-order valence-electron chi connectivity index (χ1n) is 5.64. The summed E-state index contributed by atoms with van der Waals surface area (Å²) < 4.78 is 38.7. The van der Waals surface area contributed by atoms with Crippen LogP contribution in [0.25, 0.3) is 0 Å². The standard InChI is InChI=1S/C11H16O4SSi/c1-10-6-2-3-7-11(10)17(16(12,13)14)9-5-4-8-15-17/h2-3,6-7H,4-5,8-9H2,1H3,(H,12,13,14). The average Bonchev–Trinajstić information content (AvgIpc) is 2.29. The Morgan fingerprint density at radius 1 is 1.29 bits per heavy atom. The molecule has 4 nitrogen and oxygen atoms in total. The van der Waals surface area contributed by atoms with Crippen molar-refractivity contribution in [3.8, 4) is 0 Å². The quantitative estimate of drug-likeness (QED) is 0.652. The summed E-state index contributed by atoms with van der Waals surface area (Å²) >= 11 is 0. The highest BCUT2D eigenvalue weighted by Gasteiger charge is 2.52. The molecular formula is C11H16O4SSi. The summed E-state index contributed by atoms with van der Waals surface area (Å²) in [5, 5.41) is 0.683. The van der Waals surface area contributed by atoms with E-state index < -0.39 is 17.0 Å². The third-order valence-corrected chi connectivity index (χ3v) is 11.2. The van der Waals surface area contributed by atoms with E-state index in [1.807, 2.05) is 19.1 Å². The lowest BCUT2D eigenvalue weighted by atomic mass is 10.2. The van der Waals surface area contributed by atoms with Crippen molar-refractivity contribution < 1.29 is 17.4 Å². The highest BCUT2D eigenvalue weighted by atomic mass is 32.4. The summed E-state index contributed by atoms with van der Waals surface area (Å²) in [6, 6.07) is 7.71. The van der Waals surface area contributed by atoms with Crippen LogP contribution in [0.4, 0.5) is 0 Å². The lowest BCUT2D eigenvalue weighted by molar-refractivity contribution is 0.283. The van der Waals surface area contributed by atoms with Gasteiger partial charge in [0.2, 0.25) is 0 Å². The van der Waals surface area contributed by atoms with Crippen LogP contribution in [0.15, 0.2) is 24.3 Å². The van der Waals surface area contributed by atoms with Gasteiger partial charge < -0.3 is 4.43 Å². The molecule has 17 heavy (non-hydrogen) atoms. The van der Waals surface area contributed by atoms with Crippen LogP contribution in [0, 0.1) is 6.92 Å². The molecule has 1 aromatic carbocycles. The number of hydrogen-bond acceptors (Lipinski definition) is 3. The van der Waals surface area contributed by atoms with Crippen LogP contribution >= 0.6 is 0 Å².